The predicted molar refractivity (Wildman–Crippen MR) is 48.1 cm³/mol. The average Bonchev–Trinajstić information content (AvgIpc) is 2.69. The van der Waals surface area contributed by atoms with E-state index in [2.05, 4.69) is 5.48 Å². The van der Waals surface area contributed by atoms with Gasteiger partial charge in [-0.1, -0.05) is 12.1 Å². The molecule has 2 rings (SSSR count). The van der Waals surface area contributed by atoms with Gasteiger partial charge in [-0.15, -0.1) is 0 Å². The van der Waals surface area contributed by atoms with E-state index in [0.29, 0.717) is 13.2 Å². The van der Waals surface area contributed by atoms with Crippen LogP contribution in [-0.4, -0.2) is 13.2 Å². The van der Waals surface area contributed by atoms with Gasteiger partial charge in [-0.25, -0.2) is 5.48 Å². The summed E-state index contributed by atoms with van der Waals surface area (Å²) in [6, 6.07) is 5.22. The van der Waals surface area contributed by atoms with Crippen LogP contribution in [0, 0.1) is 0 Å². The third-order valence-corrected chi connectivity index (χ3v) is 2.43. The zero-order chi connectivity index (χ0) is 10.9. The van der Waals surface area contributed by atoms with Crippen molar-refractivity contribution in [2.75, 3.05) is 13.2 Å². The lowest BCUT2D eigenvalue weighted by Crippen LogP contribution is -2.08. The molecule has 1 aliphatic heterocycles. The van der Waals surface area contributed by atoms with E-state index in [0.717, 1.165) is 17.7 Å². The molecule has 0 saturated carbocycles. The second-order valence-electron chi connectivity index (χ2n) is 3.48. The first-order valence-electron chi connectivity index (χ1n) is 4.59. The van der Waals surface area contributed by atoms with Crippen LogP contribution in [0.15, 0.2) is 24.3 Å². The molecule has 0 bridgehead atoms. The summed E-state index contributed by atoms with van der Waals surface area (Å²) in [7, 11) is 0. The van der Waals surface area contributed by atoms with E-state index in [4.69, 9.17) is 4.84 Å². The van der Waals surface area contributed by atoms with E-state index in [1.54, 1.807) is 0 Å². The summed E-state index contributed by atoms with van der Waals surface area (Å²) in [4.78, 5) is 4.94. The zero-order valence-electron chi connectivity index (χ0n) is 7.84. The Kier molecular flexibility index (Phi) is 2.67. The van der Waals surface area contributed by atoms with Gasteiger partial charge < -0.3 is 4.84 Å². The number of rotatable bonds is 1. The van der Waals surface area contributed by atoms with Gasteiger partial charge in [0.05, 0.1) is 12.2 Å². The van der Waals surface area contributed by atoms with E-state index < -0.39 is 11.7 Å². The molecule has 1 fully saturated rings. The number of alkyl halides is 3. The number of halogens is 3. The third-order valence-electron chi connectivity index (χ3n) is 2.43. The summed E-state index contributed by atoms with van der Waals surface area (Å²) in [5.74, 6) is 0.146. The van der Waals surface area contributed by atoms with Crippen molar-refractivity contribution >= 4 is 0 Å². The summed E-state index contributed by atoms with van der Waals surface area (Å²) < 4.78 is 36.8. The van der Waals surface area contributed by atoms with Gasteiger partial charge in [-0.2, -0.15) is 13.2 Å². The molecule has 1 saturated heterocycles. The molecule has 0 radical (unpaired) electrons. The lowest BCUT2D eigenvalue weighted by atomic mass is 9.99. The van der Waals surface area contributed by atoms with Crippen molar-refractivity contribution in [2.24, 2.45) is 0 Å². The number of hydrogen-bond acceptors (Lipinski definition) is 2. The quantitative estimate of drug-likeness (QED) is 0.779. The summed E-state index contributed by atoms with van der Waals surface area (Å²) in [5, 5.41) is 0. The van der Waals surface area contributed by atoms with Gasteiger partial charge in [0.25, 0.3) is 0 Å². The Morgan fingerprint density at radius 2 is 1.87 bits per heavy atom. The fourth-order valence-corrected chi connectivity index (χ4v) is 1.54. The normalized spacial score (nSPS) is 21.9. The van der Waals surface area contributed by atoms with Gasteiger partial charge in [-0.3, -0.25) is 0 Å². The SMILES string of the molecule is FC(F)(F)c1ccc(C2CNOC2)cc1. The van der Waals surface area contributed by atoms with Crippen LogP contribution in [-0.2, 0) is 11.0 Å². The van der Waals surface area contributed by atoms with Crippen molar-refractivity contribution in [3.05, 3.63) is 35.4 Å². The van der Waals surface area contributed by atoms with E-state index >= 15 is 0 Å². The number of benzene rings is 1. The van der Waals surface area contributed by atoms with E-state index in [9.17, 15) is 13.2 Å². The number of hydroxylamine groups is 1. The topological polar surface area (TPSA) is 21.3 Å². The van der Waals surface area contributed by atoms with Crippen LogP contribution in [0.1, 0.15) is 17.0 Å². The van der Waals surface area contributed by atoms with E-state index in [-0.39, 0.29) is 5.92 Å². The van der Waals surface area contributed by atoms with Crippen LogP contribution < -0.4 is 5.48 Å². The minimum absolute atomic E-state index is 0.146. The first kappa shape index (κ1) is 10.4. The monoisotopic (exact) mass is 217 g/mol. The molecule has 0 aliphatic carbocycles. The highest BCUT2D eigenvalue weighted by atomic mass is 19.4. The standard InChI is InChI=1S/C10H10F3NO/c11-10(12,13)9-3-1-7(2-4-9)8-5-14-15-6-8/h1-4,8,14H,5-6H2. The van der Waals surface area contributed by atoms with E-state index in [1.807, 2.05) is 0 Å². The lowest BCUT2D eigenvalue weighted by molar-refractivity contribution is -0.137. The highest BCUT2D eigenvalue weighted by Gasteiger charge is 2.30. The molecule has 5 heteroatoms. The average molecular weight is 217 g/mol. The van der Waals surface area contributed by atoms with Crippen LogP contribution >= 0.6 is 0 Å². The molecular formula is C10H10F3NO. The Morgan fingerprint density at radius 1 is 1.20 bits per heavy atom. The minimum atomic E-state index is -4.26. The molecule has 82 valence electrons. The molecule has 1 aliphatic rings. The maximum Gasteiger partial charge on any atom is 0.416 e. The van der Waals surface area contributed by atoms with Crippen molar-refractivity contribution in [3.63, 3.8) is 0 Å². The Bertz CT molecular complexity index is 328. The minimum Gasteiger partial charge on any atom is -0.301 e. The summed E-state index contributed by atoms with van der Waals surface area (Å²) in [5.41, 5.74) is 2.95. The molecule has 0 amide bonds. The first-order valence-corrected chi connectivity index (χ1v) is 4.59. The lowest BCUT2D eigenvalue weighted by Gasteiger charge is -2.10. The molecule has 1 heterocycles. The Morgan fingerprint density at radius 3 is 2.33 bits per heavy atom. The maximum atomic E-state index is 12.3. The van der Waals surface area contributed by atoms with Crippen LogP contribution in [0.3, 0.4) is 0 Å². The fourth-order valence-electron chi connectivity index (χ4n) is 1.54. The van der Waals surface area contributed by atoms with Crippen molar-refractivity contribution in [1.82, 2.24) is 5.48 Å². The molecule has 1 aromatic rings. The van der Waals surface area contributed by atoms with Gasteiger partial charge in [0.1, 0.15) is 0 Å². The molecule has 15 heavy (non-hydrogen) atoms. The summed E-state index contributed by atoms with van der Waals surface area (Å²) in [6.07, 6.45) is -4.26. The second-order valence-corrected chi connectivity index (χ2v) is 3.48. The summed E-state index contributed by atoms with van der Waals surface area (Å²) >= 11 is 0. The van der Waals surface area contributed by atoms with Gasteiger partial charge in [0.15, 0.2) is 0 Å². The number of nitrogens with one attached hydrogen (secondary N) is 1. The molecule has 0 aromatic heterocycles. The first-order chi connectivity index (χ1) is 7.07. The third kappa shape index (κ3) is 2.30. The largest absolute Gasteiger partial charge is 0.416 e. The van der Waals surface area contributed by atoms with Crippen molar-refractivity contribution in [2.45, 2.75) is 12.1 Å². The molecule has 0 spiro atoms. The molecule has 2 nitrogen and oxygen atoms in total. The molecule has 1 aromatic carbocycles. The highest BCUT2D eigenvalue weighted by Crippen LogP contribution is 2.30. The smallest absolute Gasteiger partial charge is 0.301 e. The Hall–Kier alpha value is -1.07. The van der Waals surface area contributed by atoms with Gasteiger partial charge in [0.2, 0.25) is 0 Å². The maximum absolute atomic E-state index is 12.3. The van der Waals surface area contributed by atoms with Gasteiger partial charge >= 0.3 is 6.18 Å². The second kappa shape index (κ2) is 3.83. The summed E-state index contributed by atoms with van der Waals surface area (Å²) in [6.45, 7) is 1.15. The van der Waals surface area contributed by atoms with Crippen molar-refractivity contribution in [3.8, 4) is 0 Å². The predicted octanol–water partition coefficient (Wildman–Crippen LogP) is 2.32. The van der Waals surface area contributed by atoms with Crippen molar-refractivity contribution in [1.29, 1.82) is 0 Å². The molecular weight excluding hydrogens is 207 g/mol. The number of hydrogen-bond donors (Lipinski definition) is 1. The van der Waals surface area contributed by atoms with Gasteiger partial charge in [-0.05, 0) is 17.7 Å². The molecule has 1 atom stereocenters. The molecule has 1 unspecified atom stereocenters. The van der Waals surface area contributed by atoms with Gasteiger partial charge in [0, 0.05) is 12.5 Å². The van der Waals surface area contributed by atoms with Crippen LogP contribution in [0.5, 0.6) is 0 Å². The molecule has 1 N–H and O–H groups in total. The van der Waals surface area contributed by atoms with Crippen LogP contribution in [0.2, 0.25) is 0 Å². The van der Waals surface area contributed by atoms with Crippen LogP contribution in [0.25, 0.3) is 0 Å². The van der Waals surface area contributed by atoms with Crippen LogP contribution in [0.4, 0.5) is 13.2 Å². The van der Waals surface area contributed by atoms with Crippen molar-refractivity contribution < 1.29 is 18.0 Å². The Balaban J connectivity index is 2.16. The fraction of sp³-hybridized carbons (Fsp3) is 0.400. The van der Waals surface area contributed by atoms with E-state index in [1.165, 1.54) is 12.1 Å². The highest BCUT2D eigenvalue weighted by molar-refractivity contribution is 5.27. The Labute approximate surface area is 85.0 Å². The zero-order valence-corrected chi connectivity index (χ0v) is 7.84.